The van der Waals surface area contributed by atoms with E-state index in [4.69, 9.17) is 4.74 Å². The number of amides is 1. The van der Waals surface area contributed by atoms with Gasteiger partial charge in [-0.15, -0.1) is 0 Å². The number of rotatable bonds is 5. The van der Waals surface area contributed by atoms with E-state index in [9.17, 15) is 14.4 Å². The smallest absolute Gasteiger partial charge is 0.338 e. The van der Waals surface area contributed by atoms with Crippen molar-refractivity contribution in [3.8, 4) is 5.69 Å². The largest absolute Gasteiger partial charge is 0.462 e. The minimum absolute atomic E-state index is 0.119. The van der Waals surface area contributed by atoms with Gasteiger partial charge in [0.1, 0.15) is 0 Å². The van der Waals surface area contributed by atoms with E-state index in [0.29, 0.717) is 27.7 Å². The Bertz CT molecular complexity index is 1310. The monoisotopic (exact) mass is 413 g/mol. The molecule has 0 aliphatic carbocycles. The van der Waals surface area contributed by atoms with Crippen LogP contribution in [-0.2, 0) is 4.74 Å². The average Bonchev–Trinajstić information content (AvgIpc) is 2.80. The number of nitrogens with one attached hydrogen (secondary N) is 1. The Labute approximate surface area is 177 Å². The number of benzene rings is 3. The Morgan fingerprint density at radius 2 is 1.55 bits per heavy atom. The summed E-state index contributed by atoms with van der Waals surface area (Å²) in [5.74, 6) is -0.896. The molecule has 0 saturated heterocycles. The lowest BCUT2D eigenvalue weighted by atomic mass is 10.1. The summed E-state index contributed by atoms with van der Waals surface area (Å²) in [6, 6.07) is 22.2. The van der Waals surface area contributed by atoms with Crippen LogP contribution in [0, 0.1) is 0 Å². The van der Waals surface area contributed by atoms with Crippen LogP contribution in [0.25, 0.3) is 16.5 Å². The van der Waals surface area contributed by atoms with E-state index in [1.165, 1.54) is 4.68 Å². The Morgan fingerprint density at radius 1 is 0.903 bits per heavy atom. The fourth-order valence-corrected chi connectivity index (χ4v) is 3.20. The number of aromatic nitrogens is 2. The summed E-state index contributed by atoms with van der Waals surface area (Å²) >= 11 is 0. The van der Waals surface area contributed by atoms with E-state index >= 15 is 0 Å². The van der Waals surface area contributed by atoms with Crippen LogP contribution >= 0.6 is 0 Å². The van der Waals surface area contributed by atoms with Gasteiger partial charge < -0.3 is 10.1 Å². The molecule has 31 heavy (non-hydrogen) atoms. The summed E-state index contributed by atoms with van der Waals surface area (Å²) in [4.78, 5) is 37.8. The number of hydrogen-bond donors (Lipinski definition) is 1. The topological polar surface area (TPSA) is 90.3 Å². The number of ether oxygens (including phenoxy) is 1. The van der Waals surface area contributed by atoms with E-state index in [-0.39, 0.29) is 17.9 Å². The molecule has 4 aromatic rings. The van der Waals surface area contributed by atoms with Gasteiger partial charge in [0.05, 0.1) is 23.2 Å². The van der Waals surface area contributed by atoms with Gasteiger partial charge in [-0.2, -0.15) is 9.78 Å². The molecule has 1 heterocycles. The second kappa shape index (κ2) is 8.62. The maximum Gasteiger partial charge on any atom is 0.338 e. The Balaban J connectivity index is 1.72. The lowest BCUT2D eigenvalue weighted by molar-refractivity contribution is 0.0526. The third kappa shape index (κ3) is 4.06. The Hall–Kier alpha value is -4.26. The number of para-hydroxylation sites is 1. The number of nitrogens with zero attached hydrogens (tertiary/aromatic N) is 2. The number of hydrogen-bond acceptors (Lipinski definition) is 5. The minimum Gasteiger partial charge on any atom is -0.462 e. The molecular formula is C24H19N3O4. The van der Waals surface area contributed by atoms with Gasteiger partial charge in [-0.1, -0.05) is 36.4 Å². The number of carbonyl (C=O) groups excluding carboxylic acids is 2. The zero-order chi connectivity index (χ0) is 21.8. The first-order valence-corrected chi connectivity index (χ1v) is 9.74. The van der Waals surface area contributed by atoms with Crippen LogP contribution in [-0.4, -0.2) is 28.3 Å². The van der Waals surface area contributed by atoms with Crippen molar-refractivity contribution in [3.05, 3.63) is 100 Å². The van der Waals surface area contributed by atoms with Crippen molar-refractivity contribution in [2.45, 2.75) is 6.92 Å². The predicted molar refractivity (Wildman–Crippen MR) is 118 cm³/mol. The fourth-order valence-electron chi connectivity index (χ4n) is 3.20. The second-order valence-corrected chi connectivity index (χ2v) is 6.70. The van der Waals surface area contributed by atoms with Crippen molar-refractivity contribution in [1.29, 1.82) is 0 Å². The molecule has 0 aliphatic rings. The fraction of sp³-hybridized carbons (Fsp3) is 0.0833. The second-order valence-electron chi connectivity index (χ2n) is 6.70. The molecule has 0 saturated carbocycles. The third-order valence-electron chi connectivity index (χ3n) is 4.67. The molecule has 1 amide bonds. The van der Waals surface area contributed by atoms with Crippen molar-refractivity contribution in [1.82, 2.24) is 9.78 Å². The first-order valence-electron chi connectivity index (χ1n) is 9.74. The number of anilines is 1. The van der Waals surface area contributed by atoms with E-state index in [2.05, 4.69) is 10.4 Å². The zero-order valence-corrected chi connectivity index (χ0v) is 16.7. The lowest BCUT2D eigenvalue weighted by Crippen LogP contribution is -2.26. The maximum absolute atomic E-state index is 13.1. The van der Waals surface area contributed by atoms with Gasteiger partial charge in [0.25, 0.3) is 11.5 Å². The minimum atomic E-state index is -0.468. The summed E-state index contributed by atoms with van der Waals surface area (Å²) < 4.78 is 6.19. The lowest BCUT2D eigenvalue weighted by Gasteiger charge is -2.11. The number of esters is 1. The maximum atomic E-state index is 13.1. The molecular weight excluding hydrogens is 394 g/mol. The van der Waals surface area contributed by atoms with Crippen LogP contribution in [0.4, 0.5) is 5.69 Å². The third-order valence-corrected chi connectivity index (χ3v) is 4.67. The van der Waals surface area contributed by atoms with Crippen LogP contribution in [0.2, 0.25) is 0 Å². The van der Waals surface area contributed by atoms with Gasteiger partial charge in [-0.05, 0) is 49.4 Å². The Kier molecular flexibility index (Phi) is 5.57. The van der Waals surface area contributed by atoms with Crippen molar-refractivity contribution < 1.29 is 14.3 Å². The van der Waals surface area contributed by atoms with Crippen LogP contribution in [0.5, 0.6) is 0 Å². The Morgan fingerprint density at radius 3 is 2.23 bits per heavy atom. The molecule has 0 spiro atoms. The molecule has 0 radical (unpaired) electrons. The molecule has 0 atom stereocenters. The van der Waals surface area contributed by atoms with E-state index in [1.54, 1.807) is 79.7 Å². The van der Waals surface area contributed by atoms with Gasteiger partial charge in [0, 0.05) is 11.1 Å². The summed E-state index contributed by atoms with van der Waals surface area (Å²) in [5.41, 5.74) is 1.25. The highest BCUT2D eigenvalue weighted by Gasteiger charge is 2.18. The first-order chi connectivity index (χ1) is 15.1. The van der Waals surface area contributed by atoms with Crippen molar-refractivity contribution in [3.63, 3.8) is 0 Å². The quantitative estimate of drug-likeness (QED) is 0.503. The van der Waals surface area contributed by atoms with Gasteiger partial charge in [0.2, 0.25) is 0 Å². The van der Waals surface area contributed by atoms with Crippen molar-refractivity contribution in [2.24, 2.45) is 0 Å². The number of carbonyl (C=O) groups is 2. The van der Waals surface area contributed by atoms with E-state index < -0.39 is 11.9 Å². The zero-order valence-electron chi connectivity index (χ0n) is 16.7. The highest BCUT2D eigenvalue weighted by molar-refractivity contribution is 6.11. The molecule has 7 nitrogen and oxygen atoms in total. The molecule has 4 rings (SSSR count). The molecule has 0 fully saturated rings. The normalized spacial score (nSPS) is 10.6. The van der Waals surface area contributed by atoms with Crippen molar-refractivity contribution >= 4 is 28.3 Å². The summed E-state index contributed by atoms with van der Waals surface area (Å²) in [6.07, 6.45) is 0. The highest BCUT2D eigenvalue weighted by atomic mass is 16.5. The molecule has 1 N–H and O–H groups in total. The summed E-state index contributed by atoms with van der Waals surface area (Å²) in [7, 11) is 0. The van der Waals surface area contributed by atoms with E-state index in [0.717, 1.165) is 0 Å². The van der Waals surface area contributed by atoms with Gasteiger partial charge in [0.15, 0.2) is 5.69 Å². The molecule has 0 bridgehead atoms. The summed E-state index contributed by atoms with van der Waals surface area (Å²) in [6.45, 7) is 2.02. The van der Waals surface area contributed by atoms with Crippen molar-refractivity contribution in [2.75, 3.05) is 11.9 Å². The molecule has 0 aliphatic heterocycles. The van der Waals surface area contributed by atoms with Gasteiger partial charge >= 0.3 is 5.97 Å². The molecule has 1 aromatic heterocycles. The highest BCUT2D eigenvalue weighted by Crippen LogP contribution is 2.18. The van der Waals surface area contributed by atoms with E-state index in [1.807, 2.05) is 6.07 Å². The molecule has 154 valence electrons. The van der Waals surface area contributed by atoms with Gasteiger partial charge in [-0.3, -0.25) is 9.59 Å². The standard InChI is InChI=1S/C24H19N3O4/c1-2-31-24(30)16-12-14-17(15-13-16)25-22(28)21-19-10-6-7-11-20(19)23(29)27(26-21)18-8-4-3-5-9-18/h3-15H,2H2,1H3,(H,25,28). The average molecular weight is 413 g/mol. The predicted octanol–water partition coefficient (Wildman–Crippen LogP) is 3.81. The summed E-state index contributed by atoms with van der Waals surface area (Å²) in [5, 5.41) is 7.98. The SMILES string of the molecule is CCOC(=O)c1ccc(NC(=O)c2nn(-c3ccccc3)c(=O)c3ccccc23)cc1. The van der Waals surface area contributed by atoms with Crippen LogP contribution in [0.1, 0.15) is 27.8 Å². The first kappa shape index (κ1) is 20.0. The van der Waals surface area contributed by atoms with Crippen LogP contribution in [0.3, 0.4) is 0 Å². The molecule has 0 unspecified atom stereocenters. The van der Waals surface area contributed by atoms with Gasteiger partial charge in [-0.25, -0.2) is 4.79 Å². The molecule has 7 heteroatoms. The molecule has 3 aromatic carbocycles. The number of fused-ring (bicyclic) bond motifs is 1. The van der Waals surface area contributed by atoms with Crippen LogP contribution < -0.4 is 10.9 Å². The van der Waals surface area contributed by atoms with Crippen LogP contribution in [0.15, 0.2) is 83.7 Å².